The van der Waals surface area contributed by atoms with Crippen molar-refractivity contribution in [2.75, 3.05) is 13.1 Å². The Morgan fingerprint density at radius 2 is 2.36 bits per heavy atom. The molecule has 0 saturated heterocycles. The summed E-state index contributed by atoms with van der Waals surface area (Å²) in [4.78, 5) is 19.6. The van der Waals surface area contributed by atoms with Gasteiger partial charge in [0.15, 0.2) is 0 Å². The Labute approximate surface area is 128 Å². The van der Waals surface area contributed by atoms with Crippen LogP contribution in [0.2, 0.25) is 0 Å². The summed E-state index contributed by atoms with van der Waals surface area (Å²) in [6.45, 7) is 5.27. The number of carbonyl (C=O) groups is 1. The minimum absolute atomic E-state index is 0.0215. The molecule has 1 aliphatic rings. The molecule has 22 heavy (non-hydrogen) atoms. The summed E-state index contributed by atoms with van der Waals surface area (Å²) in [7, 11) is 0. The van der Waals surface area contributed by atoms with E-state index in [2.05, 4.69) is 25.8 Å². The summed E-state index contributed by atoms with van der Waals surface area (Å²) in [6.07, 6.45) is 4.24. The van der Waals surface area contributed by atoms with Gasteiger partial charge in [0.2, 0.25) is 5.91 Å². The predicted octanol–water partition coefficient (Wildman–Crippen LogP) is 0.950. The van der Waals surface area contributed by atoms with E-state index in [9.17, 15) is 4.79 Å². The van der Waals surface area contributed by atoms with Crippen LogP contribution in [0.1, 0.15) is 40.9 Å². The quantitative estimate of drug-likeness (QED) is 0.715. The number of aryl methyl sites for hydroxylation is 2. The Morgan fingerprint density at radius 3 is 3.14 bits per heavy atom. The van der Waals surface area contributed by atoms with Crippen molar-refractivity contribution in [3.05, 3.63) is 34.7 Å². The zero-order valence-electron chi connectivity index (χ0n) is 12.9. The van der Waals surface area contributed by atoms with Gasteiger partial charge in [-0.15, -0.1) is 0 Å². The van der Waals surface area contributed by atoms with E-state index in [-0.39, 0.29) is 11.9 Å². The van der Waals surface area contributed by atoms with Gasteiger partial charge in [0.05, 0.1) is 17.7 Å². The van der Waals surface area contributed by atoms with Gasteiger partial charge in [0, 0.05) is 30.8 Å². The molecule has 0 aromatic carbocycles. The summed E-state index contributed by atoms with van der Waals surface area (Å²) in [5.74, 6) is 0.839. The smallest absolute Gasteiger partial charge is 0.243 e. The number of hydrogen-bond donors (Lipinski definition) is 3. The van der Waals surface area contributed by atoms with Crippen molar-refractivity contribution in [3.63, 3.8) is 0 Å². The lowest BCUT2D eigenvalue weighted by molar-refractivity contribution is -0.123. The molecule has 0 fully saturated rings. The number of H-pyrrole nitrogens is 1. The zero-order valence-corrected chi connectivity index (χ0v) is 12.9. The highest BCUT2D eigenvalue weighted by molar-refractivity contribution is 5.83. The molecule has 3 N–H and O–H groups in total. The predicted molar refractivity (Wildman–Crippen MR) is 80.3 cm³/mol. The van der Waals surface area contributed by atoms with E-state index < -0.39 is 0 Å². The Morgan fingerprint density at radius 1 is 1.50 bits per heavy atom. The molecule has 3 rings (SSSR count). The monoisotopic (exact) mass is 303 g/mol. The summed E-state index contributed by atoms with van der Waals surface area (Å²) < 4.78 is 5.14. The van der Waals surface area contributed by atoms with E-state index >= 15 is 0 Å². The third-order valence-corrected chi connectivity index (χ3v) is 4.09. The number of carbonyl (C=O) groups excluding carboxylic acids is 1. The lowest BCUT2D eigenvalue weighted by atomic mass is 10.0. The molecule has 0 aliphatic carbocycles. The molecule has 3 heterocycles. The Balaban J connectivity index is 1.50. The molecule has 0 bridgehead atoms. The number of rotatable bonds is 5. The van der Waals surface area contributed by atoms with Gasteiger partial charge in [-0.05, 0) is 26.7 Å². The summed E-state index contributed by atoms with van der Waals surface area (Å²) >= 11 is 0. The van der Waals surface area contributed by atoms with Crippen LogP contribution in [0.25, 0.3) is 0 Å². The molecular weight excluding hydrogens is 282 g/mol. The molecule has 7 nitrogen and oxygen atoms in total. The fourth-order valence-corrected chi connectivity index (χ4v) is 2.87. The van der Waals surface area contributed by atoms with Crippen LogP contribution in [0, 0.1) is 13.8 Å². The van der Waals surface area contributed by atoms with E-state index in [4.69, 9.17) is 4.52 Å². The first kappa shape index (κ1) is 14.8. The van der Waals surface area contributed by atoms with E-state index in [0.717, 1.165) is 54.2 Å². The van der Waals surface area contributed by atoms with E-state index in [1.165, 1.54) is 0 Å². The summed E-state index contributed by atoms with van der Waals surface area (Å²) in [5, 5.41) is 10.1. The number of nitrogens with one attached hydrogen (secondary N) is 3. The van der Waals surface area contributed by atoms with Gasteiger partial charge < -0.3 is 20.1 Å². The second-order valence-corrected chi connectivity index (χ2v) is 5.60. The minimum atomic E-state index is -0.353. The summed E-state index contributed by atoms with van der Waals surface area (Å²) in [6, 6.07) is -0.353. The van der Waals surface area contributed by atoms with Gasteiger partial charge >= 0.3 is 0 Å². The molecule has 0 saturated carbocycles. The Hall–Kier alpha value is -2.15. The van der Waals surface area contributed by atoms with Crippen molar-refractivity contribution < 1.29 is 9.32 Å². The first-order valence-electron chi connectivity index (χ1n) is 7.62. The molecule has 2 aromatic rings. The second-order valence-electron chi connectivity index (χ2n) is 5.60. The van der Waals surface area contributed by atoms with Crippen LogP contribution < -0.4 is 10.6 Å². The Kier molecular flexibility index (Phi) is 4.24. The molecule has 1 amide bonds. The third kappa shape index (κ3) is 2.89. The average molecular weight is 303 g/mol. The van der Waals surface area contributed by atoms with Gasteiger partial charge in [-0.25, -0.2) is 4.98 Å². The number of amides is 1. The van der Waals surface area contributed by atoms with Crippen LogP contribution in [-0.2, 0) is 17.6 Å². The maximum absolute atomic E-state index is 12.3. The van der Waals surface area contributed by atoms with Gasteiger partial charge in [-0.3, -0.25) is 4.79 Å². The van der Waals surface area contributed by atoms with Crippen molar-refractivity contribution in [2.45, 2.75) is 39.2 Å². The average Bonchev–Trinajstić information content (AvgIpc) is 3.11. The number of aromatic nitrogens is 3. The molecule has 0 radical (unpaired) electrons. The maximum atomic E-state index is 12.3. The summed E-state index contributed by atoms with van der Waals surface area (Å²) in [5.41, 5.74) is 3.93. The second kappa shape index (κ2) is 6.31. The zero-order chi connectivity index (χ0) is 15.5. The van der Waals surface area contributed by atoms with Crippen LogP contribution in [0.3, 0.4) is 0 Å². The fourth-order valence-electron chi connectivity index (χ4n) is 2.87. The minimum Gasteiger partial charge on any atom is -0.361 e. The Bertz CT molecular complexity index is 641. The van der Waals surface area contributed by atoms with Crippen LogP contribution >= 0.6 is 0 Å². The molecule has 1 aliphatic heterocycles. The highest BCUT2D eigenvalue weighted by Gasteiger charge is 2.27. The molecule has 0 spiro atoms. The molecular formula is C15H21N5O2. The van der Waals surface area contributed by atoms with Crippen molar-refractivity contribution in [1.82, 2.24) is 25.8 Å². The SMILES string of the molecule is Cc1noc(C)c1CCCNC(=O)[C@@H]1NCCc2[nH]cnc21. The van der Waals surface area contributed by atoms with E-state index in [0.29, 0.717) is 6.54 Å². The molecule has 1 atom stereocenters. The van der Waals surface area contributed by atoms with E-state index in [1.54, 1.807) is 6.33 Å². The van der Waals surface area contributed by atoms with Crippen LogP contribution in [0.5, 0.6) is 0 Å². The standard InChI is InChI=1S/C15H21N5O2/c1-9-11(10(2)22-20-9)4-3-6-17-15(21)14-13-12(5-7-16-14)18-8-19-13/h8,14,16H,3-7H2,1-2H3,(H,17,21)(H,18,19)/t14-/m1/s1. The lowest BCUT2D eigenvalue weighted by Gasteiger charge is -2.22. The van der Waals surface area contributed by atoms with Crippen molar-refractivity contribution in [3.8, 4) is 0 Å². The number of imidazole rings is 1. The molecule has 7 heteroatoms. The molecule has 2 aromatic heterocycles. The maximum Gasteiger partial charge on any atom is 0.243 e. The van der Waals surface area contributed by atoms with Crippen molar-refractivity contribution in [1.29, 1.82) is 0 Å². The van der Waals surface area contributed by atoms with E-state index in [1.807, 2.05) is 13.8 Å². The number of nitrogens with zero attached hydrogens (tertiary/aromatic N) is 2. The van der Waals surface area contributed by atoms with Gasteiger partial charge in [0.1, 0.15) is 11.8 Å². The van der Waals surface area contributed by atoms with Crippen LogP contribution in [0.15, 0.2) is 10.9 Å². The first-order valence-corrected chi connectivity index (χ1v) is 7.62. The largest absolute Gasteiger partial charge is 0.361 e. The van der Waals surface area contributed by atoms with Crippen molar-refractivity contribution >= 4 is 5.91 Å². The highest BCUT2D eigenvalue weighted by Crippen LogP contribution is 2.19. The highest BCUT2D eigenvalue weighted by atomic mass is 16.5. The number of aromatic amines is 1. The lowest BCUT2D eigenvalue weighted by Crippen LogP contribution is -2.41. The third-order valence-electron chi connectivity index (χ3n) is 4.09. The molecule has 118 valence electrons. The van der Waals surface area contributed by atoms with Crippen molar-refractivity contribution in [2.24, 2.45) is 0 Å². The first-order chi connectivity index (χ1) is 10.7. The van der Waals surface area contributed by atoms with Gasteiger partial charge in [0.25, 0.3) is 0 Å². The van der Waals surface area contributed by atoms with Gasteiger partial charge in [-0.1, -0.05) is 5.16 Å². The normalized spacial score (nSPS) is 17.3. The van der Waals surface area contributed by atoms with Crippen LogP contribution in [0.4, 0.5) is 0 Å². The topological polar surface area (TPSA) is 95.8 Å². The number of hydrogen-bond acceptors (Lipinski definition) is 5. The van der Waals surface area contributed by atoms with Gasteiger partial charge in [-0.2, -0.15) is 0 Å². The molecule has 0 unspecified atom stereocenters. The fraction of sp³-hybridized carbons (Fsp3) is 0.533. The number of fused-ring (bicyclic) bond motifs is 1. The van der Waals surface area contributed by atoms with Crippen LogP contribution in [-0.4, -0.2) is 34.1 Å².